The molecule has 5 nitrogen and oxygen atoms in total. The van der Waals surface area contributed by atoms with Crippen molar-refractivity contribution in [3.8, 4) is 6.07 Å². The van der Waals surface area contributed by atoms with Crippen LogP contribution in [0.1, 0.15) is 17.7 Å². The zero-order chi connectivity index (χ0) is 13.1. The van der Waals surface area contributed by atoms with E-state index in [9.17, 15) is 13.2 Å². The molecule has 6 heteroatoms. The Balaban J connectivity index is 2.92. The molecule has 17 heavy (non-hydrogen) atoms. The summed E-state index contributed by atoms with van der Waals surface area (Å²) in [7, 11) is -3.02. The lowest BCUT2D eigenvalue weighted by molar-refractivity contribution is 0.586. The maximum atomic E-state index is 11.8. The van der Waals surface area contributed by atoms with Gasteiger partial charge in [0.25, 0.3) is 5.56 Å². The van der Waals surface area contributed by atoms with Gasteiger partial charge >= 0.3 is 0 Å². The highest BCUT2D eigenvalue weighted by Crippen LogP contribution is 2.00. The largest absolute Gasteiger partial charge is 0.312 e. The molecule has 0 aromatic carbocycles. The number of hydrogen-bond acceptors (Lipinski definition) is 4. The molecule has 0 unspecified atom stereocenters. The monoisotopic (exact) mass is 254 g/mol. The topological polar surface area (TPSA) is 79.9 Å². The van der Waals surface area contributed by atoms with E-state index in [-0.39, 0.29) is 16.9 Å². The lowest BCUT2D eigenvalue weighted by atomic mass is 10.2. The van der Waals surface area contributed by atoms with E-state index >= 15 is 0 Å². The molecule has 1 heterocycles. The number of nitriles is 1. The first-order chi connectivity index (χ1) is 7.85. The van der Waals surface area contributed by atoms with E-state index in [0.717, 1.165) is 11.9 Å². The first-order valence-electron chi connectivity index (χ1n) is 5.13. The van der Waals surface area contributed by atoms with Crippen LogP contribution in [-0.4, -0.2) is 25.0 Å². The van der Waals surface area contributed by atoms with Crippen LogP contribution in [0.4, 0.5) is 0 Å². The molecular formula is C11H14N2O3S. The summed E-state index contributed by atoms with van der Waals surface area (Å²) in [6, 6.07) is 4.98. The van der Waals surface area contributed by atoms with Gasteiger partial charge in [0.1, 0.15) is 21.5 Å². The highest BCUT2D eigenvalue weighted by molar-refractivity contribution is 7.90. The number of rotatable bonds is 4. The van der Waals surface area contributed by atoms with Crippen molar-refractivity contribution >= 4 is 9.84 Å². The Morgan fingerprint density at radius 1 is 1.41 bits per heavy atom. The maximum absolute atomic E-state index is 11.8. The van der Waals surface area contributed by atoms with Crippen LogP contribution >= 0.6 is 0 Å². The van der Waals surface area contributed by atoms with E-state index in [1.807, 2.05) is 6.07 Å². The molecule has 1 aromatic heterocycles. The summed E-state index contributed by atoms with van der Waals surface area (Å²) < 4.78 is 23.4. The second kappa shape index (κ2) is 5.15. The van der Waals surface area contributed by atoms with Gasteiger partial charge in [-0.2, -0.15) is 5.26 Å². The predicted octanol–water partition coefficient (Wildman–Crippen LogP) is 0.463. The lowest BCUT2D eigenvalue weighted by Crippen LogP contribution is -2.25. The molecule has 0 aliphatic carbocycles. The molecule has 0 bridgehead atoms. The summed E-state index contributed by atoms with van der Waals surface area (Å²) in [6.07, 6.45) is 1.53. The van der Waals surface area contributed by atoms with Crippen molar-refractivity contribution in [2.45, 2.75) is 19.9 Å². The SMILES string of the molecule is Cc1ccc(C#N)c(=O)n1CCCS(C)(=O)=O. The molecule has 0 radical (unpaired) electrons. The van der Waals surface area contributed by atoms with E-state index in [1.54, 1.807) is 13.0 Å². The molecule has 1 rings (SSSR count). The van der Waals surface area contributed by atoms with Crippen LogP contribution in [0, 0.1) is 18.3 Å². The van der Waals surface area contributed by atoms with Crippen molar-refractivity contribution in [1.29, 1.82) is 5.26 Å². The van der Waals surface area contributed by atoms with Crippen molar-refractivity contribution in [2.24, 2.45) is 0 Å². The molecule has 0 N–H and O–H groups in total. The Labute approximate surface area is 100 Å². The van der Waals surface area contributed by atoms with Crippen molar-refractivity contribution in [3.05, 3.63) is 33.7 Å². The summed E-state index contributed by atoms with van der Waals surface area (Å²) in [5.41, 5.74) is 0.443. The molecule has 0 aliphatic rings. The van der Waals surface area contributed by atoms with Crippen molar-refractivity contribution in [1.82, 2.24) is 4.57 Å². The van der Waals surface area contributed by atoms with Gasteiger partial charge in [-0.25, -0.2) is 8.42 Å². The minimum Gasteiger partial charge on any atom is -0.312 e. The second-order valence-corrected chi connectivity index (χ2v) is 6.20. The number of nitrogens with zero attached hydrogens (tertiary/aromatic N) is 2. The highest BCUT2D eigenvalue weighted by Gasteiger charge is 2.07. The molecular weight excluding hydrogens is 240 g/mol. The normalized spacial score (nSPS) is 11.1. The van der Waals surface area contributed by atoms with Gasteiger partial charge < -0.3 is 4.57 Å². The third-order valence-corrected chi connectivity index (χ3v) is 3.44. The predicted molar refractivity (Wildman–Crippen MR) is 64.5 cm³/mol. The average Bonchev–Trinajstić information content (AvgIpc) is 2.21. The summed E-state index contributed by atoms with van der Waals surface area (Å²) in [6.45, 7) is 2.07. The van der Waals surface area contributed by atoms with Gasteiger partial charge in [0, 0.05) is 18.5 Å². The molecule has 0 saturated carbocycles. The quantitative estimate of drug-likeness (QED) is 0.782. The van der Waals surface area contributed by atoms with E-state index in [2.05, 4.69) is 0 Å². The molecule has 92 valence electrons. The van der Waals surface area contributed by atoms with Gasteiger partial charge in [0.2, 0.25) is 0 Å². The van der Waals surface area contributed by atoms with Crippen LogP contribution in [0.5, 0.6) is 0 Å². The highest BCUT2D eigenvalue weighted by atomic mass is 32.2. The molecule has 0 atom stereocenters. The molecule has 0 amide bonds. The Kier molecular flexibility index (Phi) is 4.07. The molecule has 0 fully saturated rings. The van der Waals surface area contributed by atoms with E-state index in [1.165, 1.54) is 10.6 Å². The van der Waals surface area contributed by atoms with Gasteiger partial charge in [-0.1, -0.05) is 0 Å². The first kappa shape index (κ1) is 13.5. The van der Waals surface area contributed by atoms with Gasteiger partial charge in [-0.15, -0.1) is 0 Å². The standard InChI is InChI=1S/C11H14N2O3S/c1-9-4-5-10(8-12)11(14)13(9)6-3-7-17(2,15)16/h4-5H,3,6-7H2,1-2H3. The Hall–Kier alpha value is -1.61. The average molecular weight is 254 g/mol. The summed E-state index contributed by atoms with van der Waals surface area (Å²) in [4.78, 5) is 11.8. The number of hydrogen-bond donors (Lipinski definition) is 0. The molecule has 0 saturated heterocycles. The number of aromatic nitrogens is 1. The summed E-state index contributed by atoms with van der Waals surface area (Å²) in [5, 5.41) is 8.73. The van der Waals surface area contributed by atoms with E-state index in [4.69, 9.17) is 5.26 Å². The zero-order valence-electron chi connectivity index (χ0n) is 9.80. The third-order valence-electron chi connectivity index (χ3n) is 2.41. The van der Waals surface area contributed by atoms with Crippen LogP contribution in [0.25, 0.3) is 0 Å². The number of aryl methyl sites for hydroxylation is 1. The van der Waals surface area contributed by atoms with Crippen LogP contribution in [0.15, 0.2) is 16.9 Å². The van der Waals surface area contributed by atoms with Crippen molar-refractivity contribution < 1.29 is 8.42 Å². The van der Waals surface area contributed by atoms with Gasteiger partial charge in [0.05, 0.1) is 5.75 Å². The minimum atomic E-state index is -3.02. The molecule has 0 spiro atoms. The lowest BCUT2D eigenvalue weighted by Gasteiger charge is -2.09. The van der Waals surface area contributed by atoms with Crippen molar-refractivity contribution in [2.75, 3.05) is 12.0 Å². The molecule has 1 aromatic rings. The number of pyridine rings is 1. The third kappa shape index (κ3) is 3.71. The second-order valence-electron chi connectivity index (χ2n) is 3.94. The summed E-state index contributed by atoms with van der Waals surface area (Å²) >= 11 is 0. The Morgan fingerprint density at radius 3 is 2.59 bits per heavy atom. The fourth-order valence-electron chi connectivity index (χ4n) is 1.52. The summed E-state index contributed by atoms with van der Waals surface area (Å²) in [5.74, 6) is 0.0374. The van der Waals surface area contributed by atoms with Gasteiger partial charge in [-0.05, 0) is 25.5 Å². The smallest absolute Gasteiger partial charge is 0.268 e. The Morgan fingerprint density at radius 2 is 2.06 bits per heavy atom. The van der Waals surface area contributed by atoms with Gasteiger partial charge in [0.15, 0.2) is 0 Å². The van der Waals surface area contributed by atoms with Crippen molar-refractivity contribution in [3.63, 3.8) is 0 Å². The minimum absolute atomic E-state index is 0.0374. The van der Waals surface area contributed by atoms with Gasteiger partial charge in [-0.3, -0.25) is 4.79 Å². The fourth-order valence-corrected chi connectivity index (χ4v) is 2.17. The number of sulfone groups is 1. The fraction of sp³-hybridized carbons (Fsp3) is 0.455. The molecule has 0 aliphatic heterocycles. The van der Waals surface area contributed by atoms with E-state index in [0.29, 0.717) is 13.0 Å². The van der Waals surface area contributed by atoms with Crippen LogP contribution in [-0.2, 0) is 16.4 Å². The Bertz CT molecular complexity index is 609. The first-order valence-corrected chi connectivity index (χ1v) is 7.19. The van der Waals surface area contributed by atoms with Crippen LogP contribution < -0.4 is 5.56 Å². The zero-order valence-corrected chi connectivity index (χ0v) is 10.6. The maximum Gasteiger partial charge on any atom is 0.268 e. The van der Waals surface area contributed by atoms with E-state index < -0.39 is 9.84 Å². The van der Waals surface area contributed by atoms with Crippen LogP contribution in [0.2, 0.25) is 0 Å². The van der Waals surface area contributed by atoms with Crippen LogP contribution in [0.3, 0.4) is 0 Å².